The van der Waals surface area contributed by atoms with Crippen molar-refractivity contribution in [2.75, 3.05) is 13.2 Å². The molecule has 5 heteroatoms. The Labute approximate surface area is 123 Å². The number of fused-ring (bicyclic) bond motifs is 1. The molecule has 2 heterocycles. The molecule has 0 spiro atoms. The highest BCUT2D eigenvalue weighted by atomic mass is 32.1. The minimum absolute atomic E-state index is 0.497. The maximum absolute atomic E-state index is 5.75. The number of aromatic nitrogens is 2. The highest BCUT2D eigenvalue weighted by molar-refractivity contribution is 7.19. The maximum Gasteiger partial charge on any atom is 0.275 e. The van der Waals surface area contributed by atoms with Gasteiger partial charge in [0.25, 0.3) is 5.19 Å². The van der Waals surface area contributed by atoms with Gasteiger partial charge in [0.05, 0.1) is 13.2 Å². The number of thiazole rings is 1. The molecule has 1 aliphatic rings. The third-order valence-corrected chi connectivity index (χ3v) is 4.32. The van der Waals surface area contributed by atoms with Crippen LogP contribution >= 0.6 is 11.3 Å². The van der Waals surface area contributed by atoms with Crippen LogP contribution in [0.15, 0.2) is 12.1 Å². The molecule has 4 nitrogen and oxygen atoms in total. The molecule has 0 unspecified atom stereocenters. The number of hydrogen-bond donors (Lipinski definition) is 0. The zero-order valence-electron chi connectivity index (χ0n) is 12.0. The lowest BCUT2D eigenvalue weighted by Crippen LogP contribution is -2.19. The molecule has 3 rings (SSSR count). The second kappa shape index (κ2) is 5.95. The molecule has 108 valence electrons. The highest BCUT2D eigenvalue weighted by Crippen LogP contribution is 2.30. The number of ether oxygens (including phenoxy) is 2. The van der Waals surface area contributed by atoms with Gasteiger partial charge in [0.2, 0.25) is 5.88 Å². The summed E-state index contributed by atoms with van der Waals surface area (Å²) >= 11 is 1.48. The van der Waals surface area contributed by atoms with Crippen LogP contribution in [0, 0.1) is 11.8 Å². The number of pyridine rings is 1. The molecule has 0 aromatic carbocycles. The summed E-state index contributed by atoms with van der Waals surface area (Å²) in [7, 11) is 0. The summed E-state index contributed by atoms with van der Waals surface area (Å²) in [6.07, 6.45) is 3.91. The van der Waals surface area contributed by atoms with Crippen molar-refractivity contribution in [3.05, 3.63) is 12.1 Å². The van der Waals surface area contributed by atoms with E-state index in [9.17, 15) is 0 Å². The normalized spacial score (nSPS) is 15.6. The van der Waals surface area contributed by atoms with Crippen molar-refractivity contribution in [2.45, 2.75) is 33.1 Å². The molecule has 0 amide bonds. The predicted molar refractivity (Wildman–Crippen MR) is 80.6 cm³/mol. The summed E-state index contributed by atoms with van der Waals surface area (Å²) in [6.45, 7) is 5.72. The van der Waals surface area contributed by atoms with E-state index in [0.29, 0.717) is 23.6 Å². The van der Waals surface area contributed by atoms with Crippen LogP contribution in [-0.4, -0.2) is 23.2 Å². The monoisotopic (exact) mass is 292 g/mol. The van der Waals surface area contributed by atoms with Crippen molar-refractivity contribution in [3.8, 4) is 11.1 Å². The van der Waals surface area contributed by atoms with E-state index in [0.717, 1.165) is 22.9 Å². The quantitative estimate of drug-likeness (QED) is 0.810. The van der Waals surface area contributed by atoms with Gasteiger partial charge >= 0.3 is 0 Å². The standard InChI is InChI=1S/C15H20N2O2S/c1-10(2)8-19-15-16-12-6-7-13(17-14(12)20-15)18-9-11-4-3-5-11/h6-7,10-11H,3-5,8-9H2,1-2H3. The van der Waals surface area contributed by atoms with E-state index in [1.165, 1.54) is 30.6 Å². The molecule has 0 radical (unpaired) electrons. The van der Waals surface area contributed by atoms with Crippen molar-refractivity contribution in [1.29, 1.82) is 0 Å². The van der Waals surface area contributed by atoms with E-state index in [1.54, 1.807) is 0 Å². The fourth-order valence-corrected chi connectivity index (χ4v) is 2.81. The minimum atomic E-state index is 0.497. The molecule has 0 aliphatic heterocycles. The lowest BCUT2D eigenvalue weighted by molar-refractivity contribution is 0.176. The molecule has 2 aromatic rings. The first-order valence-corrected chi connectivity index (χ1v) is 8.05. The van der Waals surface area contributed by atoms with Gasteiger partial charge < -0.3 is 9.47 Å². The summed E-state index contributed by atoms with van der Waals surface area (Å²) in [5.41, 5.74) is 0.879. The van der Waals surface area contributed by atoms with E-state index in [2.05, 4.69) is 23.8 Å². The van der Waals surface area contributed by atoms with Gasteiger partial charge in [-0.25, -0.2) is 9.97 Å². The van der Waals surface area contributed by atoms with Gasteiger partial charge in [-0.1, -0.05) is 31.6 Å². The summed E-state index contributed by atoms with van der Waals surface area (Å²) in [6, 6.07) is 3.85. The first-order valence-electron chi connectivity index (χ1n) is 7.24. The SMILES string of the molecule is CC(C)COc1nc2ccc(OCC3CCC3)nc2s1. The molecule has 0 saturated heterocycles. The molecule has 1 saturated carbocycles. The van der Waals surface area contributed by atoms with Crippen LogP contribution < -0.4 is 9.47 Å². The van der Waals surface area contributed by atoms with Gasteiger partial charge in [0, 0.05) is 6.07 Å². The second-order valence-corrected chi connectivity index (χ2v) is 6.71. The van der Waals surface area contributed by atoms with Crippen molar-refractivity contribution in [2.24, 2.45) is 11.8 Å². The van der Waals surface area contributed by atoms with Gasteiger partial charge in [-0.15, -0.1) is 0 Å². The fraction of sp³-hybridized carbons (Fsp3) is 0.600. The van der Waals surface area contributed by atoms with Crippen molar-refractivity contribution < 1.29 is 9.47 Å². The Morgan fingerprint density at radius 2 is 2.10 bits per heavy atom. The lowest BCUT2D eigenvalue weighted by Gasteiger charge is -2.24. The van der Waals surface area contributed by atoms with Crippen LogP contribution in [0.4, 0.5) is 0 Å². The Hall–Kier alpha value is -1.36. The zero-order chi connectivity index (χ0) is 13.9. The van der Waals surface area contributed by atoms with Gasteiger partial charge in [-0.3, -0.25) is 0 Å². The number of hydrogen-bond acceptors (Lipinski definition) is 5. The molecule has 0 atom stereocenters. The van der Waals surface area contributed by atoms with E-state index >= 15 is 0 Å². The second-order valence-electron chi connectivity index (χ2n) is 5.77. The zero-order valence-corrected chi connectivity index (χ0v) is 12.8. The van der Waals surface area contributed by atoms with Crippen LogP contribution in [0.25, 0.3) is 10.3 Å². The Bertz CT molecular complexity index is 578. The Morgan fingerprint density at radius 1 is 1.25 bits per heavy atom. The average molecular weight is 292 g/mol. The first-order chi connectivity index (χ1) is 9.70. The average Bonchev–Trinajstić information content (AvgIpc) is 2.76. The van der Waals surface area contributed by atoms with Gasteiger partial charge in [-0.05, 0) is 30.7 Å². The molecule has 1 aliphatic carbocycles. The third kappa shape index (κ3) is 3.20. The lowest BCUT2D eigenvalue weighted by atomic mass is 9.86. The topological polar surface area (TPSA) is 44.2 Å². The fourth-order valence-electron chi connectivity index (χ4n) is 2.02. The Morgan fingerprint density at radius 3 is 2.80 bits per heavy atom. The number of rotatable bonds is 6. The summed E-state index contributed by atoms with van der Waals surface area (Å²) in [4.78, 5) is 9.82. The maximum atomic E-state index is 5.75. The van der Waals surface area contributed by atoms with E-state index in [-0.39, 0.29) is 0 Å². The van der Waals surface area contributed by atoms with Crippen molar-refractivity contribution in [3.63, 3.8) is 0 Å². The molecular formula is C15H20N2O2S. The smallest absolute Gasteiger partial charge is 0.275 e. The summed E-state index contributed by atoms with van der Waals surface area (Å²) in [5, 5.41) is 0.692. The summed E-state index contributed by atoms with van der Waals surface area (Å²) < 4.78 is 11.4. The molecule has 20 heavy (non-hydrogen) atoms. The Balaban J connectivity index is 1.66. The molecule has 2 aromatic heterocycles. The van der Waals surface area contributed by atoms with Crippen LogP contribution in [0.3, 0.4) is 0 Å². The largest absolute Gasteiger partial charge is 0.477 e. The van der Waals surface area contributed by atoms with Crippen LogP contribution in [0.5, 0.6) is 11.1 Å². The Kier molecular flexibility index (Phi) is 4.05. The first kappa shape index (κ1) is 13.6. The van der Waals surface area contributed by atoms with Gasteiger partial charge in [0.1, 0.15) is 5.52 Å². The van der Waals surface area contributed by atoms with Crippen LogP contribution in [-0.2, 0) is 0 Å². The van der Waals surface area contributed by atoms with E-state index < -0.39 is 0 Å². The predicted octanol–water partition coefficient (Wildman–Crippen LogP) is 3.91. The van der Waals surface area contributed by atoms with Gasteiger partial charge in [0.15, 0.2) is 4.83 Å². The molecule has 0 bridgehead atoms. The van der Waals surface area contributed by atoms with Gasteiger partial charge in [-0.2, -0.15) is 0 Å². The van der Waals surface area contributed by atoms with Crippen molar-refractivity contribution >= 4 is 21.7 Å². The van der Waals surface area contributed by atoms with Crippen LogP contribution in [0.1, 0.15) is 33.1 Å². The molecule has 1 fully saturated rings. The van der Waals surface area contributed by atoms with Crippen LogP contribution in [0.2, 0.25) is 0 Å². The molecule has 0 N–H and O–H groups in total. The summed E-state index contributed by atoms with van der Waals surface area (Å²) in [5.74, 6) is 1.92. The minimum Gasteiger partial charge on any atom is -0.477 e. The van der Waals surface area contributed by atoms with E-state index in [4.69, 9.17) is 9.47 Å². The number of nitrogens with zero attached hydrogens (tertiary/aromatic N) is 2. The van der Waals surface area contributed by atoms with Crippen molar-refractivity contribution in [1.82, 2.24) is 9.97 Å². The molecular weight excluding hydrogens is 272 g/mol. The highest BCUT2D eigenvalue weighted by Gasteiger charge is 2.18. The van der Waals surface area contributed by atoms with E-state index in [1.807, 2.05) is 12.1 Å². The third-order valence-electron chi connectivity index (χ3n) is 3.44.